The van der Waals surface area contributed by atoms with Gasteiger partial charge in [0.15, 0.2) is 4.98 Å². The smallest absolute Gasteiger partial charge is 0.418 e. The minimum atomic E-state index is -6.00. The first-order valence-electron chi connectivity index (χ1n) is 3.72. The Bertz CT molecular complexity index is 365. The normalized spacial score (nSPS) is 9.93. The second-order valence-corrected chi connectivity index (χ2v) is 2.53. The zero-order valence-corrected chi connectivity index (χ0v) is 7.59. The van der Waals surface area contributed by atoms with E-state index in [-0.39, 0.29) is 11.5 Å². The van der Waals surface area contributed by atoms with Crippen LogP contribution in [0, 0.1) is 18.1 Å². The fourth-order valence-corrected chi connectivity index (χ4v) is 0.644. The van der Waals surface area contributed by atoms with Crippen LogP contribution in [0.5, 0.6) is 0 Å². The lowest BCUT2D eigenvalue weighted by molar-refractivity contribution is 0.368. The van der Waals surface area contributed by atoms with Crippen LogP contribution in [0.4, 0.5) is 27.3 Å². The first-order chi connectivity index (χ1) is 6.74. The van der Waals surface area contributed by atoms with Gasteiger partial charge < -0.3 is 17.3 Å². The van der Waals surface area contributed by atoms with Crippen molar-refractivity contribution in [2.45, 2.75) is 6.92 Å². The largest absolute Gasteiger partial charge is 0.673 e. The lowest BCUT2D eigenvalue weighted by Crippen LogP contribution is -2.02. The molecule has 2 nitrogen and oxygen atoms in total. The number of diazo groups is 1. The Morgan fingerprint density at radius 2 is 1.67 bits per heavy atom. The Balaban J connectivity index is 0.000000336. The van der Waals surface area contributed by atoms with Crippen molar-refractivity contribution >= 4 is 12.9 Å². The van der Waals surface area contributed by atoms with E-state index in [1.165, 1.54) is 6.07 Å². The highest BCUT2D eigenvalue weighted by Gasteiger charge is 2.20. The average Bonchev–Trinajstić information content (AvgIpc) is 2.07. The van der Waals surface area contributed by atoms with Crippen LogP contribution in [0.25, 0.3) is 4.98 Å². The Morgan fingerprint density at radius 3 is 2.00 bits per heavy atom. The third kappa shape index (κ3) is 7.43. The van der Waals surface area contributed by atoms with E-state index in [1.54, 1.807) is 19.1 Å². The van der Waals surface area contributed by atoms with Gasteiger partial charge in [-0.25, -0.2) is 4.39 Å². The lowest BCUT2D eigenvalue weighted by Gasteiger charge is -1.94. The second-order valence-electron chi connectivity index (χ2n) is 2.53. The molecule has 0 saturated heterocycles. The number of nitrogens with zero attached hydrogens (tertiary/aromatic N) is 2. The summed E-state index contributed by atoms with van der Waals surface area (Å²) in [7, 11) is -6.00. The molecule has 0 radical (unpaired) electrons. The lowest BCUT2D eigenvalue weighted by atomic mass is 10.2. The molecule has 0 unspecified atom stereocenters. The molecule has 0 bridgehead atoms. The topological polar surface area (TPSA) is 28.1 Å². The summed E-state index contributed by atoms with van der Waals surface area (Å²) in [6, 6.07) is 4.28. The molecule has 0 aliphatic rings. The molecule has 15 heavy (non-hydrogen) atoms. The Morgan fingerprint density at radius 1 is 1.20 bits per heavy atom. The summed E-state index contributed by atoms with van der Waals surface area (Å²) in [5.41, 5.74) is 0.788. The first-order valence-corrected chi connectivity index (χ1v) is 3.72. The Kier molecular flexibility index (Phi) is 4.71. The van der Waals surface area contributed by atoms with Gasteiger partial charge in [-0.3, -0.25) is 0 Å². The molecular weight excluding hydrogens is 218 g/mol. The highest BCUT2D eigenvalue weighted by molar-refractivity contribution is 6.50. The van der Waals surface area contributed by atoms with Gasteiger partial charge in [-0.2, -0.15) is 0 Å². The van der Waals surface area contributed by atoms with Gasteiger partial charge in [0.05, 0.1) is 6.07 Å². The van der Waals surface area contributed by atoms with Gasteiger partial charge in [-0.05, 0) is 18.6 Å². The zero-order valence-electron chi connectivity index (χ0n) is 7.59. The SMILES string of the molecule is Cc1ccc([N+]#N)cc1F.F[B-](F)(F)F. The van der Waals surface area contributed by atoms with Crippen LogP contribution in [0.2, 0.25) is 0 Å². The van der Waals surface area contributed by atoms with Crippen molar-refractivity contribution in [3.05, 3.63) is 34.6 Å². The van der Waals surface area contributed by atoms with Crippen molar-refractivity contribution in [2.75, 3.05) is 0 Å². The Labute approximate surface area is 82.4 Å². The van der Waals surface area contributed by atoms with E-state index in [1.807, 2.05) is 0 Å². The summed E-state index contributed by atoms with van der Waals surface area (Å²) in [5.74, 6) is -0.352. The first kappa shape index (κ1) is 13.4. The van der Waals surface area contributed by atoms with E-state index < -0.39 is 7.25 Å². The zero-order chi connectivity index (χ0) is 12.1. The van der Waals surface area contributed by atoms with E-state index in [9.17, 15) is 21.7 Å². The molecule has 1 aromatic rings. The highest BCUT2D eigenvalue weighted by atomic mass is 19.5. The second kappa shape index (κ2) is 5.29. The monoisotopic (exact) mass is 224 g/mol. The molecule has 82 valence electrons. The third-order valence-corrected chi connectivity index (χ3v) is 1.27. The van der Waals surface area contributed by atoms with Crippen molar-refractivity contribution in [3.63, 3.8) is 0 Å². The minimum Gasteiger partial charge on any atom is -0.418 e. The standard InChI is InChI=1S/C7H6FN2.BF4/c1-5-2-3-6(10-9)4-7(5)8;2-1(3,4)5/h2-4H,1H3;/q+1;-1. The van der Waals surface area contributed by atoms with Crippen LogP contribution in [-0.2, 0) is 0 Å². The quantitative estimate of drug-likeness (QED) is 0.372. The van der Waals surface area contributed by atoms with Gasteiger partial charge in [0.2, 0.25) is 5.39 Å². The molecule has 0 aliphatic heterocycles. The van der Waals surface area contributed by atoms with Crippen LogP contribution in [-0.4, -0.2) is 7.25 Å². The van der Waals surface area contributed by atoms with Gasteiger partial charge in [0, 0.05) is 6.07 Å². The summed E-state index contributed by atoms with van der Waals surface area (Å²) in [5, 5.41) is 8.21. The van der Waals surface area contributed by atoms with Crippen molar-refractivity contribution in [2.24, 2.45) is 0 Å². The summed E-state index contributed by atoms with van der Waals surface area (Å²) in [6.45, 7) is 1.65. The van der Waals surface area contributed by atoms with Crippen LogP contribution >= 0.6 is 0 Å². The molecule has 0 atom stereocenters. The molecular formula is C7H6BF5N2. The van der Waals surface area contributed by atoms with Crippen LogP contribution < -0.4 is 0 Å². The fraction of sp³-hybridized carbons (Fsp3) is 0.143. The predicted molar refractivity (Wildman–Crippen MR) is 46.1 cm³/mol. The number of benzene rings is 1. The minimum absolute atomic E-state index is 0.239. The molecule has 0 aliphatic carbocycles. The van der Waals surface area contributed by atoms with Crippen LogP contribution in [0.3, 0.4) is 0 Å². The summed E-state index contributed by atoms with van der Waals surface area (Å²) in [6.07, 6.45) is 0. The van der Waals surface area contributed by atoms with Gasteiger partial charge in [0.25, 0.3) is 0 Å². The Hall–Kier alpha value is -1.65. The summed E-state index contributed by atoms with van der Waals surface area (Å²) < 4.78 is 51.6. The van der Waals surface area contributed by atoms with Gasteiger partial charge >= 0.3 is 12.9 Å². The molecule has 0 heterocycles. The van der Waals surface area contributed by atoms with Crippen LogP contribution in [0.15, 0.2) is 18.2 Å². The molecule has 0 saturated carbocycles. The molecule has 0 N–H and O–H groups in total. The number of halogens is 5. The van der Waals surface area contributed by atoms with Crippen molar-refractivity contribution in [1.82, 2.24) is 0 Å². The molecule has 0 fully saturated rings. The van der Waals surface area contributed by atoms with E-state index >= 15 is 0 Å². The number of hydrogen-bond acceptors (Lipinski definition) is 1. The van der Waals surface area contributed by atoms with Crippen LogP contribution in [0.1, 0.15) is 5.56 Å². The van der Waals surface area contributed by atoms with Gasteiger partial charge in [0.1, 0.15) is 5.82 Å². The van der Waals surface area contributed by atoms with Crippen molar-refractivity contribution in [3.8, 4) is 0 Å². The van der Waals surface area contributed by atoms with E-state index in [0.717, 1.165) is 0 Å². The summed E-state index contributed by atoms with van der Waals surface area (Å²) in [4.78, 5) is 2.83. The molecule has 8 heteroatoms. The number of rotatable bonds is 0. The maximum Gasteiger partial charge on any atom is 0.673 e. The fourth-order valence-electron chi connectivity index (χ4n) is 0.644. The number of aryl methyl sites for hydroxylation is 1. The summed E-state index contributed by atoms with van der Waals surface area (Å²) >= 11 is 0. The average molecular weight is 224 g/mol. The third-order valence-electron chi connectivity index (χ3n) is 1.27. The maximum atomic E-state index is 12.6. The molecule has 0 amide bonds. The van der Waals surface area contributed by atoms with Crippen molar-refractivity contribution in [1.29, 1.82) is 5.39 Å². The van der Waals surface area contributed by atoms with E-state index in [0.29, 0.717) is 5.56 Å². The molecule has 0 aromatic heterocycles. The highest BCUT2D eigenvalue weighted by Crippen LogP contribution is 2.15. The number of hydrogen-bond donors (Lipinski definition) is 0. The predicted octanol–water partition coefficient (Wildman–Crippen LogP) is 3.92. The molecule has 0 spiro atoms. The van der Waals surface area contributed by atoms with Gasteiger partial charge in [-0.1, -0.05) is 0 Å². The van der Waals surface area contributed by atoms with E-state index in [2.05, 4.69) is 4.98 Å². The van der Waals surface area contributed by atoms with Crippen molar-refractivity contribution < 1.29 is 21.7 Å². The van der Waals surface area contributed by atoms with Gasteiger partial charge in [-0.15, -0.1) is 0 Å². The van der Waals surface area contributed by atoms with E-state index in [4.69, 9.17) is 5.39 Å². The molecule has 1 aromatic carbocycles. The maximum absolute atomic E-state index is 12.6. The molecule has 1 rings (SSSR count).